The van der Waals surface area contributed by atoms with Crippen LogP contribution in [-0.2, 0) is 0 Å². The van der Waals surface area contributed by atoms with Crippen molar-refractivity contribution in [2.45, 2.75) is 0 Å². The SMILES string of the molecule is [C-]#[N+]c1ccc(-c2ccc3c(c2)c2ccccc2n3-c2cc(C#N)cc(-n3c4ccccc4c4cc(-c5ccc(C#N)cc5)ccc43)c2-c2cc(-c3ccccc3)nc(-c3ccccc3)c2)cc1. The third-order valence-corrected chi connectivity index (χ3v) is 13.0. The van der Waals surface area contributed by atoms with Crippen LogP contribution in [0.4, 0.5) is 5.69 Å². The Bertz CT molecular complexity index is 3830. The van der Waals surface area contributed by atoms with E-state index in [-0.39, 0.29) is 0 Å². The number of pyridine rings is 1. The normalized spacial score (nSPS) is 11.2. The van der Waals surface area contributed by atoms with Crippen molar-refractivity contribution in [1.82, 2.24) is 14.1 Å². The minimum absolute atomic E-state index is 0.516. The number of aromatic nitrogens is 3. The Morgan fingerprint density at radius 3 is 1.26 bits per heavy atom. The molecule has 0 spiro atoms. The van der Waals surface area contributed by atoms with Crippen molar-refractivity contribution in [3.05, 3.63) is 241 Å². The molecule has 0 saturated carbocycles. The fourth-order valence-corrected chi connectivity index (χ4v) is 9.80. The quantitative estimate of drug-likeness (QED) is 0.150. The first-order chi connectivity index (χ1) is 33.6. The van der Waals surface area contributed by atoms with Crippen LogP contribution in [0.5, 0.6) is 0 Å². The number of fused-ring (bicyclic) bond motifs is 6. The lowest BCUT2D eigenvalue weighted by molar-refractivity contribution is 1.13. The molecule has 314 valence electrons. The molecule has 68 heavy (non-hydrogen) atoms. The van der Waals surface area contributed by atoms with Crippen molar-refractivity contribution in [3.63, 3.8) is 0 Å². The summed E-state index contributed by atoms with van der Waals surface area (Å²) in [4.78, 5) is 8.93. The van der Waals surface area contributed by atoms with Gasteiger partial charge in [-0.25, -0.2) is 9.83 Å². The molecule has 6 heteroatoms. The molecule has 6 nitrogen and oxygen atoms in total. The molecule has 0 bridgehead atoms. The third kappa shape index (κ3) is 6.67. The molecule has 0 aliphatic rings. The average molecular weight is 865 g/mol. The number of nitriles is 2. The predicted molar refractivity (Wildman–Crippen MR) is 276 cm³/mol. The molecule has 12 rings (SSSR count). The van der Waals surface area contributed by atoms with Crippen LogP contribution < -0.4 is 0 Å². The van der Waals surface area contributed by atoms with Crippen LogP contribution in [0.15, 0.2) is 218 Å². The number of rotatable bonds is 7. The topological polar surface area (TPSA) is 74.7 Å². The Kier molecular flexibility index (Phi) is 9.55. The second kappa shape index (κ2) is 16.3. The Morgan fingerprint density at radius 1 is 0.368 bits per heavy atom. The maximum atomic E-state index is 11.1. The number of para-hydroxylation sites is 2. The minimum Gasteiger partial charge on any atom is -0.308 e. The van der Waals surface area contributed by atoms with Gasteiger partial charge < -0.3 is 9.13 Å². The Morgan fingerprint density at radius 2 is 0.794 bits per heavy atom. The highest BCUT2D eigenvalue weighted by Crippen LogP contribution is 2.45. The second-order valence-electron chi connectivity index (χ2n) is 16.9. The molecule has 0 unspecified atom stereocenters. The van der Waals surface area contributed by atoms with E-state index in [0.717, 1.165) is 111 Å². The number of hydrogen-bond donors (Lipinski definition) is 0. The van der Waals surface area contributed by atoms with Gasteiger partial charge in [0.25, 0.3) is 0 Å². The predicted octanol–water partition coefficient (Wildman–Crippen LogP) is 15.9. The first kappa shape index (κ1) is 39.8. The van der Waals surface area contributed by atoms with E-state index >= 15 is 0 Å². The van der Waals surface area contributed by atoms with Crippen molar-refractivity contribution in [3.8, 4) is 79.4 Å². The van der Waals surface area contributed by atoms with Crippen LogP contribution in [0.25, 0.3) is 116 Å². The maximum absolute atomic E-state index is 11.1. The third-order valence-electron chi connectivity index (χ3n) is 13.0. The lowest BCUT2D eigenvalue weighted by atomic mass is 9.95. The zero-order chi connectivity index (χ0) is 45.7. The smallest absolute Gasteiger partial charge is 0.187 e. The van der Waals surface area contributed by atoms with Gasteiger partial charge in [-0.3, -0.25) is 0 Å². The Balaban J connectivity index is 1.21. The summed E-state index contributed by atoms with van der Waals surface area (Å²) in [5.41, 5.74) is 17.0. The highest BCUT2D eigenvalue weighted by atomic mass is 15.0. The van der Waals surface area contributed by atoms with Gasteiger partial charge in [0.2, 0.25) is 0 Å². The van der Waals surface area contributed by atoms with Gasteiger partial charge in [0, 0.05) is 38.2 Å². The lowest BCUT2D eigenvalue weighted by Crippen LogP contribution is -2.05. The lowest BCUT2D eigenvalue weighted by Gasteiger charge is -2.22. The van der Waals surface area contributed by atoms with Crippen molar-refractivity contribution < 1.29 is 0 Å². The number of hydrogen-bond acceptors (Lipinski definition) is 3. The molecule has 0 atom stereocenters. The van der Waals surface area contributed by atoms with Gasteiger partial charge in [-0.15, -0.1) is 0 Å². The summed E-state index contributed by atoms with van der Waals surface area (Å²) >= 11 is 0. The molecule has 0 radical (unpaired) electrons. The van der Waals surface area contributed by atoms with Gasteiger partial charge in [0.15, 0.2) is 5.69 Å². The van der Waals surface area contributed by atoms with Gasteiger partial charge in [-0.05, 0) is 101 Å². The van der Waals surface area contributed by atoms with E-state index in [1.54, 1.807) is 0 Å². The molecule has 0 aliphatic heterocycles. The second-order valence-corrected chi connectivity index (χ2v) is 16.9. The van der Waals surface area contributed by atoms with Crippen molar-refractivity contribution >= 4 is 49.3 Å². The van der Waals surface area contributed by atoms with Crippen molar-refractivity contribution in [2.24, 2.45) is 0 Å². The molecular formula is C62H36N6. The summed E-state index contributed by atoms with van der Waals surface area (Å²) in [5, 5.41) is 24.9. The molecule has 3 heterocycles. The number of benzene rings is 9. The molecule has 0 aliphatic carbocycles. The average Bonchev–Trinajstić information content (AvgIpc) is 3.93. The fraction of sp³-hybridized carbons (Fsp3) is 0. The summed E-state index contributed by atoms with van der Waals surface area (Å²) in [6, 6.07) is 79.3. The fourth-order valence-electron chi connectivity index (χ4n) is 9.80. The van der Waals surface area contributed by atoms with E-state index in [1.165, 1.54) is 0 Å². The largest absolute Gasteiger partial charge is 0.308 e. The molecule has 0 saturated heterocycles. The molecule has 12 aromatic rings. The summed E-state index contributed by atoms with van der Waals surface area (Å²) in [6.07, 6.45) is 0. The van der Waals surface area contributed by atoms with Gasteiger partial charge in [0.05, 0.1) is 74.7 Å². The molecule has 0 fully saturated rings. The summed E-state index contributed by atoms with van der Waals surface area (Å²) in [5.74, 6) is 0. The van der Waals surface area contributed by atoms with Crippen LogP contribution >= 0.6 is 0 Å². The molecular weight excluding hydrogens is 829 g/mol. The van der Waals surface area contributed by atoms with Crippen LogP contribution in [0.2, 0.25) is 0 Å². The van der Waals surface area contributed by atoms with E-state index in [0.29, 0.717) is 16.8 Å². The summed E-state index contributed by atoms with van der Waals surface area (Å²) in [7, 11) is 0. The Labute approximate surface area is 392 Å². The van der Waals surface area contributed by atoms with Crippen LogP contribution in [0.3, 0.4) is 0 Å². The highest BCUT2D eigenvalue weighted by molar-refractivity contribution is 6.13. The van der Waals surface area contributed by atoms with E-state index in [2.05, 4.69) is 147 Å². The summed E-state index contributed by atoms with van der Waals surface area (Å²) in [6.45, 7) is 7.50. The van der Waals surface area contributed by atoms with E-state index < -0.39 is 0 Å². The van der Waals surface area contributed by atoms with Gasteiger partial charge in [0.1, 0.15) is 0 Å². The van der Waals surface area contributed by atoms with Crippen LogP contribution in [0, 0.1) is 29.2 Å². The monoisotopic (exact) mass is 864 g/mol. The van der Waals surface area contributed by atoms with Crippen LogP contribution in [0.1, 0.15) is 11.1 Å². The van der Waals surface area contributed by atoms with Gasteiger partial charge in [-0.1, -0.05) is 146 Å². The maximum Gasteiger partial charge on any atom is 0.187 e. The molecule has 3 aromatic heterocycles. The number of nitrogens with zero attached hydrogens (tertiary/aromatic N) is 6. The minimum atomic E-state index is 0.516. The first-order valence-corrected chi connectivity index (χ1v) is 22.3. The van der Waals surface area contributed by atoms with E-state index in [4.69, 9.17) is 11.6 Å². The van der Waals surface area contributed by atoms with Crippen LogP contribution in [-0.4, -0.2) is 14.1 Å². The molecule has 0 N–H and O–H groups in total. The van der Waals surface area contributed by atoms with Crippen molar-refractivity contribution in [2.75, 3.05) is 0 Å². The summed E-state index contributed by atoms with van der Waals surface area (Å²) < 4.78 is 4.63. The van der Waals surface area contributed by atoms with E-state index in [1.807, 2.05) is 97.1 Å². The highest BCUT2D eigenvalue weighted by Gasteiger charge is 2.25. The molecule has 0 amide bonds. The standard InChI is InChI=1S/C62H36N6/c1-65-49-28-24-43(25-29-49)47-27-31-59-53(35-47)51-17-9-11-19-57(51)68(59)61-33-41(39-64)32-60(62(61)48-36-54(44-12-4-2-5-13-44)66-55(37-48)45-14-6-3-7-15-45)67-56-18-10-8-16-50(56)52-34-46(26-30-58(52)67)42-22-20-40(38-63)21-23-42/h2-37H. The van der Waals surface area contributed by atoms with Crippen molar-refractivity contribution in [1.29, 1.82) is 10.5 Å². The first-order valence-electron chi connectivity index (χ1n) is 22.3. The van der Waals surface area contributed by atoms with Gasteiger partial charge in [-0.2, -0.15) is 10.5 Å². The molecule has 9 aromatic carbocycles. The Hall–Kier alpha value is -9.80. The van der Waals surface area contributed by atoms with Gasteiger partial charge >= 0.3 is 0 Å². The van der Waals surface area contributed by atoms with E-state index in [9.17, 15) is 10.5 Å². The zero-order valence-corrected chi connectivity index (χ0v) is 36.5. The zero-order valence-electron chi connectivity index (χ0n) is 36.5.